The van der Waals surface area contributed by atoms with Crippen molar-refractivity contribution in [2.75, 3.05) is 10.6 Å². The number of benzene rings is 5. The minimum Gasteiger partial charge on any atom is -0.355 e. The molecule has 0 bridgehead atoms. The van der Waals surface area contributed by atoms with Gasteiger partial charge >= 0.3 is 0 Å². The highest BCUT2D eigenvalue weighted by Crippen LogP contribution is 2.40. The zero-order valence-corrected chi connectivity index (χ0v) is 30.6. The van der Waals surface area contributed by atoms with Gasteiger partial charge in [0.05, 0.1) is 4.90 Å². The molecule has 0 saturated heterocycles. The second-order valence-corrected chi connectivity index (χ2v) is 15.7. The first kappa shape index (κ1) is 35.8. The van der Waals surface area contributed by atoms with Gasteiger partial charge in [-0.05, 0) is 129 Å². The van der Waals surface area contributed by atoms with Crippen LogP contribution in [0.15, 0.2) is 88.7 Å². The largest absolute Gasteiger partial charge is 0.355 e. The molecule has 1 atom stereocenters. The van der Waals surface area contributed by atoms with E-state index >= 15 is 0 Å². The number of anilines is 4. The van der Waals surface area contributed by atoms with Crippen molar-refractivity contribution >= 4 is 43.0 Å². The molecule has 256 valence electrons. The van der Waals surface area contributed by atoms with Gasteiger partial charge in [0, 0.05) is 28.7 Å². The van der Waals surface area contributed by atoms with Crippen LogP contribution in [-0.2, 0) is 20.2 Å². The molecule has 0 aliphatic carbocycles. The van der Waals surface area contributed by atoms with Crippen LogP contribution in [0.3, 0.4) is 0 Å². The van der Waals surface area contributed by atoms with Gasteiger partial charge in [0.2, 0.25) is 0 Å². The van der Waals surface area contributed by atoms with Crippen molar-refractivity contribution in [2.24, 2.45) is 0 Å². The Morgan fingerprint density at radius 2 is 1.02 bits per heavy atom. The molecule has 0 amide bonds. The average Bonchev–Trinajstić information content (AvgIpc) is 2.98. The molecule has 0 heterocycles. The third-order valence-corrected chi connectivity index (χ3v) is 11.1. The summed E-state index contributed by atoms with van der Waals surface area (Å²) in [6, 6.07) is 24.1. The lowest BCUT2D eigenvalue weighted by Crippen LogP contribution is -2.11. The van der Waals surface area contributed by atoms with Crippen LogP contribution in [0.4, 0.5) is 22.7 Å². The Hall–Kier alpha value is -4.48. The van der Waals surface area contributed by atoms with Gasteiger partial charge in [-0.1, -0.05) is 66.2 Å². The average molecular weight is 699 g/mol. The SMILES string of the molecule is Cc1cc(C)c(Nc2ccc(C(c3ccc(Nc4c(C)cc(C)c(S(=O)(=O)O)c4C)c(C)c3)c3ccccc3S(=O)(=O)O)cc2C)c(C)c1. The van der Waals surface area contributed by atoms with Gasteiger partial charge in [0.1, 0.15) is 4.90 Å². The predicted octanol–water partition coefficient (Wildman–Crippen LogP) is 9.31. The maximum Gasteiger partial charge on any atom is 0.295 e. The van der Waals surface area contributed by atoms with Crippen molar-refractivity contribution in [1.29, 1.82) is 0 Å². The van der Waals surface area contributed by atoms with Crippen LogP contribution < -0.4 is 10.6 Å². The lowest BCUT2D eigenvalue weighted by molar-refractivity contribution is 0.479. The van der Waals surface area contributed by atoms with Crippen molar-refractivity contribution in [2.45, 2.75) is 71.1 Å². The smallest absolute Gasteiger partial charge is 0.295 e. The fourth-order valence-corrected chi connectivity index (χ4v) is 8.61. The third kappa shape index (κ3) is 7.43. The van der Waals surface area contributed by atoms with E-state index in [4.69, 9.17) is 0 Å². The van der Waals surface area contributed by atoms with Gasteiger partial charge in [-0.3, -0.25) is 9.11 Å². The van der Waals surface area contributed by atoms with E-state index in [1.807, 2.05) is 57.2 Å². The number of hydrogen-bond acceptors (Lipinski definition) is 6. The van der Waals surface area contributed by atoms with Crippen LogP contribution in [0.5, 0.6) is 0 Å². The number of aryl methyl sites for hydroxylation is 7. The predicted molar refractivity (Wildman–Crippen MR) is 197 cm³/mol. The molecule has 5 aromatic carbocycles. The van der Waals surface area contributed by atoms with E-state index in [0.29, 0.717) is 28.1 Å². The van der Waals surface area contributed by atoms with Crippen molar-refractivity contribution in [3.05, 3.63) is 140 Å². The molecule has 4 N–H and O–H groups in total. The van der Waals surface area contributed by atoms with Gasteiger partial charge in [0.25, 0.3) is 20.2 Å². The van der Waals surface area contributed by atoms with Crippen molar-refractivity contribution in [3.63, 3.8) is 0 Å². The molecule has 0 aromatic heterocycles. The molecule has 5 aromatic rings. The molecule has 1 unspecified atom stereocenters. The molecule has 0 radical (unpaired) electrons. The summed E-state index contributed by atoms with van der Waals surface area (Å²) in [6.07, 6.45) is 0. The van der Waals surface area contributed by atoms with Crippen LogP contribution in [0, 0.1) is 55.4 Å². The molecule has 0 saturated carbocycles. The molecule has 0 aliphatic heterocycles. The monoisotopic (exact) mass is 698 g/mol. The van der Waals surface area contributed by atoms with Crippen molar-refractivity contribution in [3.8, 4) is 0 Å². The summed E-state index contributed by atoms with van der Waals surface area (Å²) in [5.41, 5.74) is 12.2. The van der Waals surface area contributed by atoms with E-state index in [9.17, 15) is 25.9 Å². The van der Waals surface area contributed by atoms with Gasteiger partial charge in [-0.25, -0.2) is 0 Å². The summed E-state index contributed by atoms with van der Waals surface area (Å²) < 4.78 is 69.8. The van der Waals surface area contributed by atoms with Crippen LogP contribution in [-0.4, -0.2) is 25.9 Å². The van der Waals surface area contributed by atoms with E-state index in [1.165, 1.54) is 11.6 Å². The Kier molecular flexibility index (Phi) is 9.82. The number of nitrogens with one attached hydrogen (secondary N) is 2. The standard InChI is InChI=1S/C39H42N2O6S2/c1-22-17-25(4)37(26(5)18-22)40-33-15-13-30(20-23(33)2)36(32-11-9-10-12-35(32)48(42,43)44)31-14-16-34(24(3)21-31)41-38-27(6)19-28(7)39(29(38)8)49(45,46)47/h9-21,36,40-41H,1-8H3,(H,42,43,44)(H,45,46,47). The van der Waals surface area contributed by atoms with E-state index < -0.39 is 26.2 Å². The van der Waals surface area contributed by atoms with E-state index in [-0.39, 0.29) is 9.79 Å². The molecule has 0 fully saturated rings. The van der Waals surface area contributed by atoms with E-state index in [1.54, 1.807) is 38.1 Å². The molecule has 49 heavy (non-hydrogen) atoms. The first-order valence-electron chi connectivity index (χ1n) is 15.8. The fourth-order valence-electron chi connectivity index (χ4n) is 6.92. The molecule has 5 rings (SSSR count). The summed E-state index contributed by atoms with van der Waals surface area (Å²) in [5.74, 6) is -0.560. The zero-order valence-electron chi connectivity index (χ0n) is 28.9. The first-order valence-corrected chi connectivity index (χ1v) is 18.7. The highest BCUT2D eigenvalue weighted by atomic mass is 32.2. The Labute approximate surface area is 289 Å². The quantitative estimate of drug-likeness (QED) is 0.0885. The molecular formula is C39H42N2O6S2. The Balaban J connectivity index is 1.62. The first-order chi connectivity index (χ1) is 22.9. The summed E-state index contributed by atoms with van der Waals surface area (Å²) >= 11 is 0. The maximum atomic E-state index is 12.6. The number of rotatable bonds is 9. The van der Waals surface area contributed by atoms with Gasteiger partial charge in [-0.15, -0.1) is 0 Å². The Bertz CT molecular complexity index is 2310. The summed E-state index contributed by atoms with van der Waals surface area (Å²) in [5, 5.41) is 6.95. The number of hydrogen-bond donors (Lipinski definition) is 4. The topological polar surface area (TPSA) is 133 Å². The van der Waals surface area contributed by atoms with Gasteiger partial charge in [0.15, 0.2) is 0 Å². The van der Waals surface area contributed by atoms with Gasteiger partial charge < -0.3 is 10.6 Å². The van der Waals surface area contributed by atoms with Crippen LogP contribution in [0.25, 0.3) is 0 Å². The lowest BCUT2D eigenvalue weighted by Gasteiger charge is -2.24. The molecule has 10 heteroatoms. The van der Waals surface area contributed by atoms with Crippen LogP contribution >= 0.6 is 0 Å². The zero-order chi connectivity index (χ0) is 36.0. The lowest BCUT2D eigenvalue weighted by atomic mass is 9.83. The summed E-state index contributed by atoms with van der Waals surface area (Å²) in [6.45, 7) is 15.3. The van der Waals surface area contributed by atoms with Crippen molar-refractivity contribution < 1.29 is 25.9 Å². The van der Waals surface area contributed by atoms with Crippen LogP contribution in [0.1, 0.15) is 67.1 Å². The van der Waals surface area contributed by atoms with E-state index in [2.05, 4.69) is 43.5 Å². The molecular weight excluding hydrogens is 657 g/mol. The second kappa shape index (κ2) is 13.4. The molecule has 0 spiro atoms. The van der Waals surface area contributed by atoms with E-state index in [0.717, 1.165) is 50.3 Å². The third-order valence-electron chi connectivity index (χ3n) is 9.03. The Morgan fingerprint density at radius 3 is 1.51 bits per heavy atom. The summed E-state index contributed by atoms with van der Waals surface area (Å²) in [7, 11) is -8.99. The fraction of sp³-hybridized carbons (Fsp3) is 0.231. The Morgan fingerprint density at radius 1 is 0.531 bits per heavy atom. The van der Waals surface area contributed by atoms with Crippen LogP contribution in [0.2, 0.25) is 0 Å². The highest BCUT2D eigenvalue weighted by molar-refractivity contribution is 7.86. The highest BCUT2D eigenvalue weighted by Gasteiger charge is 2.26. The normalized spacial score (nSPS) is 12.5. The molecule has 8 nitrogen and oxygen atoms in total. The minimum atomic E-state index is -4.55. The van der Waals surface area contributed by atoms with Crippen molar-refractivity contribution in [1.82, 2.24) is 0 Å². The minimum absolute atomic E-state index is 0.127. The second-order valence-electron chi connectivity index (χ2n) is 12.9. The summed E-state index contributed by atoms with van der Waals surface area (Å²) in [4.78, 5) is -0.299. The van der Waals surface area contributed by atoms with Gasteiger partial charge in [-0.2, -0.15) is 16.8 Å². The maximum absolute atomic E-state index is 12.6. The molecule has 0 aliphatic rings.